The number of hydrogen-bond donors (Lipinski definition) is 2. The van der Waals surface area contributed by atoms with Crippen LogP contribution in [0.15, 0.2) is 24.3 Å². The first-order chi connectivity index (χ1) is 10.7. The van der Waals surface area contributed by atoms with E-state index in [0.29, 0.717) is 31.0 Å². The van der Waals surface area contributed by atoms with E-state index in [1.54, 1.807) is 7.11 Å². The van der Waals surface area contributed by atoms with E-state index in [9.17, 15) is 4.79 Å². The third-order valence-electron chi connectivity index (χ3n) is 4.98. The van der Waals surface area contributed by atoms with Crippen molar-refractivity contribution in [3.8, 4) is 5.75 Å². The van der Waals surface area contributed by atoms with Crippen LogP contribution in [-0.4, -0.2) is 43.6 Å². The summed E-state index contributed by atoms with van der Waals surface area (Å²) in [6.07, 6.45) is 2.36. The molecule has 0 radical (unpaired) electrons. The van der Waals surface area contributed by atoms with Crippen LogP contribution in [0, 0.1) is 11.8 Å². The van der Waals surface area contributed by atoms with Gasteiger partial charge in [-0.1, -0.05) is 12.1 Å². The number of fused-ring (bicyclic) bond motifs is 1. The second-order valence-corrected chi connectivity index (χ2v) is 6.49. The van der Waals surface area contributed by atoms with Gasteiger partial charge in [-0.25, -0.2) is 0 Å². The molecule has 2 fully saturated rings. The topological polar surface area (TPSA) is 67.6 Å². The molecular formula is C17H26ClN3O2. The van der Waals surface area contributed by atoms with Crippen molar-refractivity contribution in [2.75, 3.05) is 26.7 Å². The Hall–Kier alpha value is -1.30. The third kappa shape index (κ3) is 4.37. The minimum Gasteiger partial charge on any atom is -0.497 e. The minimum absolute atomic E-state index is 0. The van der Waals surface area contributed by atoms with Crippen LogP contribution < -0.4 is 15.8 Å². The zero-order chi connectivity index (χ0) is 15.5. The van der Waals surface area contributed by atoms with Crippen molar-refractivity contribution >= 4 is 18.3 Å². The molecular weight excluding hydrogens is 314 g/mol. The van der Waals surface area contributed by atoms with E-state index in [1.165, 1.54) is 6.42 Å². The van der Waals surface area contributed by atoms with Crippen LogP contribution in [0.1, 0.15) is 18.4 Å². The lowest BCUT2D eigenvalue weighted by Crippen LogP contribution is -2.37. The number of likely N-dealkylation sites (tertiary alicyclic amines) is 1. The van der Waals surface area contributed by atoms with E-state index in [1.807, 2.05) is 24.3 Å². The summed E-state index contributed by atoms with van der Waals surface area (Å²) in [6, 6.07) is 8.09. The minimum atomic E-state index is 0. The normalized spacial score (nSPS) is 26.4. The highest BCUT2D eigenvalue weighted by molar-refractivity contribution is 5.85. The number of hydrogen-bond acceptors (Lipinski definition) is 4. The first-order valence-electron chi connectivity index (χ1n) is 8.03. The largest absolute Gasteiger partial charge is 0.497 e. The van der Waals surface area contributed by atoms with Crippen molar-refractivity contribution in [1.82, 2.24) is 10.2 Å². The van der Waals surface area contributed by atoms with Crippen molar-refractivity contribution in [2.45, 2.75) is 25.4 Å². The standard InChI is InChI=1S/C17H25N3O2.ClH/c1-22-14-4-2-3-12(7-14)8-19-17(21)11-20-9-13-5-6-16(18)15(13)10-20;/h2-4,7,13,15-16H,5-6,8-11,18H2,1H3,(H,19,21);1H. The maximum Gasteiger partial charge on any atom is 0.234 e. The zero-order valence-electron chi connectivity index (χ0n) is 13.5. The van der Waals surface area contributed by atoms with Gasteiger partial charge >= 0.3 is 0 Å². The lowest BCUT2D eigenvalue weighted by molar-refractivity contribution is -0.122. The number of nitrogens with zero attached hydrogens (tertiary/aromatic N) is 1. The molecule has 3 N–H and O–H groups in total. The number of carbonyl (C=O) groups excluding carboxylic acids is 1. The summed E-state index contributed by atoms with van der Waals surface area (Å²) in [5.41, 5.74) is 7.18. The van der Waals surface area contributed by atoms with Gasteiger partial charge in [-0.05, 0) is 42.4 Å². The molecule has 5 nitrogen and oxygen atoms in total. The van der Waals surface area contributed by atoms with E-state index >= 15 is 0 Å². The number of methoxy groups -OCH3 is 1. The Bertz CT molecular complexity index is 540. The molecule has 3 unspecified atom stereocenters. The zero-order valence-corrected chi connectivity index (χ0v) is 14.3. The molecule has 0 bridgehead atoms. The lowest BCUT2D eigenvalue weighted by atomic mass is 9.98. The fraction of sp³-hybridized carbons (Fsp3) is 0.588. The summed E-state index contributed by atoms with van der Waals surface area (Å²) >= 11 is 0. The van der Waals surface area contributed by atoms with Crippen LogP contribution in [0.3, 0.4) is 0 Å². The molecule has 1 saturated heterocycles. The van der Waals surface area contributed by atoms with Crippen molar-refractivity contribution in [1.29, 1.82) is 0 Å². The van der Waals surface area contributed by atoms with E-state index in [0.717, 1.165) is 30.8 Å². The molecule has 2 aliphatic rings. The van der Waals surface area contributed by atoms with Crippen LogP contribution in [0.25, 0.3) is 0 Å². The van der Waals surface area contributed by atoms with E-state index in [2.05, 4.69) is 10.2 Å². The maximum atomic E-state index is 12.1. The number of rotatable bonds is 5. The van der Waals surface area contributed by atoms with Gasteiger partial charge in [0.15, 0.2) is 0 Å². The lowest BCUT2D eigenvalue weighted by Gasteiger charge is -2.18. The molecule has 3 rings (SSSR count). The van der Waals surface area contributed by atoms with Gasteiger partial charge in [0.1, 0.15) is 5.75 Å². The number of amides is 1. The van der Waals surface area contributed by atoms with E-state index in [4.69, 9.17) is 10.5 Å². The average Bonchev–Trinajstić information content (AvgIpc) is 3.07. The molecule has 23 heavy (non-hydrogen) atoms. The molecule has 3 atom stereocenters. The van der Waals surface area contributed by atoms with Gasteiger partial charge in [-0.3, -0.25) is 9.69 Å². The highest BCUT2D eigenvalue weighted by atomic mass is 35.5. The third-order valence-corrected chi connectivity index (χ3v) is 4.98. The summed E-state index contributed by atoms with van der Waals surface area (Å²) in [7, 11) is 1.65. The fourth-order valence-electron chi connectivity index (χ4n) is 3.77. The highest BCUT2D eigenvalue weighted by Gasteiger charge is 2.41. The van der Waals surface area contributed by atoms with Crippen LogP contribution in [-0.2, 0) is 11.3 Å². The summed E-state index contributed by atoms with van der Waals surface area (Å²) in [5, 5.41) is 2.99. The number of halogens is 1. The molecule has 1 amide bonds. The number of benzene rings is 1. The second kappa shape index (κ2) is 7.99. The van der Waals surface area contributed by atoms with Crippen molar-refractivity contribution in [3.63, 3.8) is 0 Å². The summed E-state index contributed by atoms with van der Waals surface area (Å²) in [5.74, 6) is 2.18. The van der Waals surface area contributed by atoms with Crippen LogP contribution in [0.4, 0.5) is 0 Å². The Morgan fingerprint density at radius 3 is 2.96 bits per heavy atom. The molecule has 1 saturated carbocycles. The van der Waals surface area contributed by atoms with Crippen LogP contribution in [0.2, 0.25) is 0 Å². The predicted molar refractivity (Wildman–Crippen MR) is 92.7 cm³/mol. The number of nitrogens with one attached hydrogen (secondary N) is 1. The second-order valence-electron chi connectivity index (χ2n) is 6.49. The predicted octanol–water partition coefficient (Wildman–Crippen LogP) is 1.40. The Balaban J connectivity index is 0.00000192. The van der Waals surface area contributed by atoms with Gasteiger partial charge in [0.25, 0.3) is 0 Å². The fourth-order valence-corrected chi connectivity index (χ4v) is 3.77. The summed E-state index contributed by atoms with van der Waals surface area (Å²) in [6.45, 7) is 3.00. The number of carbonyl (C=O) groups is 1. The first kappa shape index (κ1) is 18.0. The van der Waals surface area contributed by atoms with Gasteiger partial charge < -0.3 is 15.8 Å². The Kier molecular flexibility index (Phi) is 6.27. The van der Waals surface area contributed by atoms with E-state index in [-0.39, 0.29) is 18.3 Å². The average molecular weight is 340 g/mol. The number of nitrogens with two attached hydrogens (primary N) is 1. The Labute approximate surface area is 144 Å². The van der Waals surface area contributed by atoms with Gasteiger partial charge in [0, 0.05) is 25.7 Å². The number of ether oxygens (including phenoxy) is 1. The maximum absolute atomic E-state index is 12.1. The molecule has 1 aromatic carbocycles. The van der Waals surface area contributed by atoms with E-state index < -0.39 is 0 Å². The van der Waals surface area contributed by atoms with Crippen molar-refractivity contribution in [2.24, 2.45) is 17.6 Å². The quantitative estimate of drug-likeness (QED) is 0.851. The van der Waals surface area contributed by atoms with Crippen LogP contribution in [0.5, 0.6) is 5.75 Å². The Morgan fingerprint density at radius 1 is 1.39 bits per heavy atom. The molecule has 128 valence electrons. The van der Waals surface area contributed by atoms with Gasteiger partial charge in [-0.15, -0.1) is 12.4 Å². The summed E-state index contributed by atoms with van der Waals surface area (Å²) < 4.78 is 5.19. The first-order valence-corrected chi connectivity index (χ1v) is 8.03. The smallest absolute Gasteiger partial charge is 0.234 e. The molecule has 0 aromatic heterocycles. The highest BCUT2D eigenvalue weighted by Crippen LogP contribution is 2.36. The molecule has 0 spiro atoms. The molecule has 1 heterocycles. The molecule has 1 aromatic rings. The van der Waals surface area contributed by atoms with Gasteiger partial charge in [0.05, 0.1) is 13.7 Å². The van der Waals surface area contributed by atoms with Crippen molar-refractivity contribution in [3.05, 3.63) is 29.8 Å². The molecule has 1 aliphatic carbocycles. The summed E-state index contributed by atoms with van der Waals surface area (Å²) in [4.78, 5) is 14.4. The van der Waals surface area contributed by atoms with Gasteiger partial charge in [0.2, 0.25) is 5.91 Å². The van der Waals surface area contributed by atoms with Crippen LogP contribution >= 0.6 is 12.4 Å². The Morgan fingerprint density at radius 2 is 2.22 bits per heavy atom. The van der Waals surface area contributed by atoms with Crippen molar-refractivity contribution < 1.29 is 9.53 Å². The van der Waals surface area contributed by atoms with Gasteiger partial charge in [-0.2, -0.15) is 0 Å². The SMILES string of the molecule is COc1cccc(CNC(=O)CN2CC3CCC(N)C3C2)c1.Cl. The monoisotopic (exact) mass is 339 g/mol. The molecule has 1 aliphatic heterocycles. The molecule has 6 heteroatoms.